The average Bonchev–Trinajstić information content (AvgIpc) is 2.42. The molecular weight excluding hydrogens is 288 g/mol. The van der Waals surface area contributed by atoms with Crippen LogP contribution in [0.1, 0.15) is 26.3 Å². The Morgan fingerprint density at radius 3 is 2.78 bits per heavy atom. The topological polar surface area (TPSA) is 15.3 Å². The molecule has 0 amide bonds. The number of benzene rings is 1. The summed E-state index contributed by atoms with van der Waals surface area (Å²) in [4.78, 5) is 2.49. The van der Waals surface area contributed by atoms with E-state index < -0.39 is 0 Å². The first-order valence-corrected chi connectivity index (χ1v) is 7.41. The fourth-order valence-corrected chi connectivity index (χ4v) is 2.82. The third kappa shape index (κ3) is 3.27. The lowest BCUT2D eigenvalue weighted by Crippen LogP contribution is -2.35. The van der Waals surface area contributed by atoms with Gasteiger partial charge in [0.2, 0.25) is 0 Å². The summed E-state index contributed by atoms with van der Waals surface area (Å²) >= 11 is 3.63. The van der Waals surface area contributed by atoms with Crippen LogP contribution in [-0.2, 0) is 0 Å². The second-order valence-corrected chi connectivity index (χ2v) is 7.11. The van der Waals surface area contributed by atoms with Crippen molar-refractivity contribution in [2.45, 2.75) is 33.7 Å². The van der Waals surface area contributed by atoms with Crippen LogP contribution in [-0.4, -0.2) is 25.7 Å². The first-order chi connectivity index (χ1) is 8.37. The van der Waals surface area contributed by atoms with Crippen LogP contribution < -0.4 is 10.2 Å². The molecule has 0 saturated carbocycles. The molecule has 0 spiro atoms. The Bertz CT molecular complexity index is 429. The molecule has 1 aromatic rings. The van der Waals surface area contributed by atoms with Gasteiger partial charge in [0.25, 0.3) is 0 Å². The number of hydrogen-bond acceptors (Lipinski definition) is 2. The van der Waals surface area contributed by atoms with Gasteiger partial charge in [0.05, 0.1) is 0 Å². The lowest BCUT2D eigenvalue weighted by molar-refractivity contribution is 0.362. The summed E-state index contributed by atoms with van der Waals surface area (Å²) in [6, 6.07) is 7.19. The van der Waals surface area contributed by atoms with E-state index in [2.05, 4.69) is 72.0 Å². The van der Waals surface area contributed by atoms with Crippen LogP contribution in [0.4, 0.5) is 5.69 Å². The van der Waals surface area contributed by atoms with Crippen LogP contribution in [0.25, 0.3) is 0 Å². The largest absolute Gasteiger partial charge is 0.369 e. The maximum absolute atomic E-state index is 3.63. The third-order valence-electron chi connectivity index (χ3n) is 3.56. The quantitative estimate of drug-likeness (QED) is 0.853. The molecule has 0 aromatic heterocycles. The van der Waals surface area contributed by atoms with Crippen molar-refractivity contribution in [2.24, 2.45) is 5.41 Å². The predicted octanol–water partition coefficient (Wildman–Crippen LogP) is 3.58. The summed E-state index contributed by atoms with van der Waals surface area (Å²) in [7, 11) is 0. The minimum Gasteiger partial charge on any atom is -0.369 e. The minimum absolute atomic E-state index is 0.308. The second-order valence-electron chi connectivity index (χ2n) is 6.26. The molecule has 1 fully saturated rings. The van der Waals surface area contributed by atoms with E-state index in [0.29, 0.717) is 11.5 Å². The van der Waals surface area contributed by atoms with Gasteiger partial charge in [-0.1, -0.05) is 35.8 Å². The van der Waals surface area contributed by atoms with Crippen LogP contribution in [0.5, 0.6) is 0 Å². The van der Waals surface area contributed by atoms with E-state index in [0.717, 1.165) is 19.6 Å². The Balaban J connectivity index is 2.26. The zero-order valence-electron chi connectivity index (χ0n) is 11.8. The number of rotatable bonds is 1. The molecule has 1 saturated heterocycles. The van der Waals surface area contributed by atoms with Gasteiger partial charge < -0.3 is 10.2 Å². The first kappa shape index (κ1) is 13.9. The Hall–Kier alpha value is -0.540. The van der Waals surface area contributed by atoms with Crippen LogP contribution in [0.15, 0.2) is 22.7 Å². The average molecular weight is 311 g/mol. The van der Waals surface area contributed by atoms with Crippen LogP contribution in [0.2, 0.25) is 0 Å². The maximum atomic E-state index is 3.63. The smallest absolute Gasteiger partial charge is 0.0378 e. The van der Waals surface area contributed by atoms with Crippen molar-refractivity contribution in [3.05, 3.63) is 28.2 Å². The number of aryl methyl sites for hydroxylation is 1. The first-order valence-electron chi connectivity index (χ1n) is 6.62. The van der Waals surface area contributed by atoms with Crippen LogP contribution in [0.3, 0.4) is 0 Å². The van der Waals surface area contributed by atoms with Crippen molar-refractivity contribution >= 4 is 21.6 Å². The summed E-state index contributed by atoms with van der Waals surface area (Å²) < 4.78 is 1.20. The Morgan fingerprint density at radius 1 is 1.39 bits per heavy atom. The van der Waals surface area contributed by atoms with Gasteiger partial charge in [-0.05, 0) is 37.0 Å². The molecular formula is C15H23BrN2. The fourth-order valence-electron chi connectivity index (χ4n) is 2.46. The molecule has 18 heavy (non-hydrogen) atoms. The molecule has 0 aliphatic carbocycles. The van der Waals surface area contributed by atoms with E-state index in [1.54, 1.807) is 0 Å². The Kier molecular flexibility index (Phi) is 4.02. The van der Waals surface area contributed by atoms with Crippen LogP contribution >= 0.6 is 15.9 Å². The molecule has 100 valence electrons. The SMILES string of the molecule is Cc1ccc(N2CC(C)NCC(C)(C)C2)cc1Br. The van der Waals surface area contributed by atoms with Gasteiger partial charge in [0.1, 0.15) is 0 Å². The van der Waals surface area contributed by atoms with E-state index in [1.165, 1.54) is 15.7 Å². The van der Waals surface area contributed by atoms with Gasteiger partial charge in [-0.2, -0.15) is 0 Å². The Labute approximate surface area is 119 Å². The Morgan fingerprint density at radius 2 is 2.11 bits per heavy atom. The van der Waals surface area contributed by atoms with E-state index in [-0.39, 0.29) is 0 Å². The van der Waals surface area contributed by atoms with Gasteiger partial charge in [-0.15, -0.1) is 0 Å². The maximum Gasteiger partial charge on any atom is 0.0378 e. The number of nitrogens with one attached hydrogen (secondary N) is 1. The third-order valence-corrected chi connectivity index (χ3v) is 4.42. The van der Waals surface area contributed by atoms with Crippen molar-refractivity contribution in [1.29, 1.82) is 0 Å². The monoisotopic (exact) mass is 310 g/mol. The summed E-state index contributed by atoms with van der Waals surface area (Å²) in [6.45, 7) is 12.3. The zero-order chi connectivity index (χ0) is 13.3. The van der Waals surface area contributed by atoms with Crippen molar-refractivity contribution in [2.75, 3.05) is 24.5 Å². The molecule has 0 bridgehead atoms. The molecule has 2 rings (SSSR count). The minimum atomic E-state index is 0.308. The van der Waals surface area contributed by atoms with Gasteiger partial charge in [-0.25, -0.2) is 0 Å². The van der Waals surface area contributed by atoms with Crippen molar-refractivity contribution in [3.8, 4) is 0 Å². The highest BCUT2D eigenvalue weighted by molar-refractivity contribution is 9.10. The lowest BCUT2D eigenvalue weighted by Gasteiger charge is -2.31. The highest BCUT2D eigenvalue weighted by atomic mass is 79.9. The van der Waals surface area contributed by atoms with E-state index >= 15 is 0 Å². The molecule has 2 nitrogen and oxygen atoms in total. The standard InChI is InChI=1S/C15H23BrN2/c1-11-5-6-13(7-14(11)16)18-8-12(2)17-9-15(3,4)10-18/h5-7,12,17H,8-10H2,1-4H3. The summed E-state index contributed by atoms with van der Waals surface area (Å²) in [6.07, 6.45) is 0. The van der Waals surface area contributed by atoms with Crippen LogP contribution in [0, 0.1) is 12.3 Å². The van der Waals surface area contributed by atoms with E-state index in [1.807, 2.05) is 0 Å². The van der Waals surface area contributed by atoms with Gasteiger partial charge >= 0.3 is 0 Å². The molecule has 0 radical (unpaired) electrons. The summed E-state index contributed by atoms with van der Waals surface area (Å²) in [5.41, 5.74) is 2.91. The van der Waals surface area contributed by atoms with Gasteiger partial charge in [0, 0.05) is 35.8 Å². The molecule has 1 N–H and O–H groups in total. The number of hydrogen-bond donors (Lipinski definition) is 1. The predicted molar refractivity (Wildman–Crippen MR) is 82.3 cm³/mol. The second kappa shape index (κ2) is 5.22. The van der Waals surface area contributed by atoms with E-state index in [9.17, 15) is 0 Å². The summed E-state index contributed by atoms with van der Waals surface area (Å²) in [5.74, 6) is 0. The molecule has 1 aliphatic rings. The summed E-state index contributed by atoms with van der Waals surface area (Å²) in [5, 5.41) is 3.61. The van der Waals surface area contributed by atoms with Crippen molar-refractivity contribution in [3.63, 3.8) is 0 Å². The number of nitrogens with zero attached hydrogens (tertiary/aromatic N) is 1. The molecule has 1 atom stereocenters. The molecule has 1 aromatic carbocycles. The van der Waals surface area contributed by atoms with Crippen molar-refractivity contribution < 1.29 is 0 Å². The molecule has 1 aliphatic heterocycles. The fraction of sp³-hybridized carbons (Fsp3) is 0.600. The number of anilines is 1. The normalized spacial score (nSPS) is 23.8. The zero-order valence-corrected chi connectivity index (χ0v) is 13.3. The van der Waals surface area contributed by atoms with Crippen molar-refractivity contribution in [1.82, 2.24) is 5.32 Å². The lowest BCUT2D eigenvalue weighted by atomic mass is 9.93. The highest BCUT2D eigenvalue weighted by Crippen LogP contribution is 2.28. The van der Waals surface area contributed by atoms with Gasteiger partial charge in [0.15, 0.2) is 0 Å². The highest BCUT2D eigenvalue weighted by Gasteiger charge is 2.27. The molecule has 3 heteroatoms. The molecule has 1 unspecified atom stereocenters. The van der Waals surface area contributed by atoms with Gasteiger partial charge in [-0.3, -0.25) is 0 Å². The molecule has 1 heterocycles. The number of halogens is 1. The van der Waals surface area contributed by atoms with E-state index in [4.69, 9.17) is 0 Å².